The van der Waals surface area contributed by atoms with Gasteiger partial charge < -0.3 is 10.2 Å². The van der Waals surface area contributed by atoms with Gasteiger partial charge in [0.2, 0.25) is 5.95 Å². The molecule has 0 spiro atoms. The summed E-state index contributed by atoms with van der Waals surface area (Å²) in [4.78, 5) is 6.76. The van der Waals surface area contributed by atoms with Crippen LogP contribution in [0.3, 0.4) is 0 Å². The van der Waals surface area contributed by atoms with E-state index in [-0.39, 0.29) is 0 Å². The molecule has 1 heterocycles. The van der Waals surface area contributed by atoms with Gasteiger partial charge >= 0.3 is 0 Å². The molecule has 0 saturated carbocycles. The van der Waals surface area contributed by atoms with Crippen molar-refractivity contribution in [3.63, 3.8) is 0 Å². The lowest BCUT2D eigenvalue weighted by Crippen LogP contribution is -2.18. The van der Waals surface area contributed by atoms with E-state index in [2.05, 4.69) is 89.5 Å². The maximum atomic E-state index is 4.64. The minimum atomic E-state index is 0.492. The van der Waals surface area contributed by atoms with Crippen molar-refractivity contribution in [1.29, 1.82) is 0 Å². The molecule has 134 valence electrons. The lowest BCUT2D eigenvalue weighted by molar-refractivity contribution is 0.867. The van der Waals surface area contributed by atoms with E-state index in [0.717, 1.165) is 23.7 Å². The molecule has 0 bridgehead atoms. The minimum Gasteiger partial charge on any atom is -0.325 e. The fraction of sp³-hybridized carbons (Fsp3) is 0.286. The SMILES string of the molecule is CCN(c1cccc(C)c1)c1cnnc(Nc2ccc(C(C)C)cc2)n1. The number of nitrogens with zero attached hydrogens (tertiary/aromatic N) is 4. The fourth-order valence-corrected chi connectivity index (χ4v) is 2.83. The molecule has 0 aliphatic carbocycles. The largest absolute Gasteiger partial charge is 0.325 e. The van der Waals surface area contributed by atoms with Crippen LogP contribution in [0, 0.1) is 6.92 Å². The highest BCUT2D eigenvalue weighted by Crippen LogP contribution is 2.25. The van der Waals surface area contributed by atoms with Crippen LogP contribution in [0.4, 0.5) is 23.1 Å². The Morgan fingerprint density at radius 2 is 1.85 bits per heavy atom. The van der Waals surface area contributed by atoms with Crippen LogP contribution in [0.25, 0.3) is 0 Å². The van der Waals surface area contributed by atoms with Gasteiger partial charge in [-0.05, 0) is 55.2 Å². The van der Waals surface area contributed by atoms with E-state index < -0.39 is 0 Å². The van der Waals surface area contributed by atoms with E-state index in [1.807, 2.05) is 12.1 Å². The first-order chi connectivity index (χ1) is 12.6. The topological polar surface area (TPSA) is 53.9 Å². The predicted molar refractivity (Wildman–Crippen MR) is 107 cm³/mol. The van der Waals surface area contributed by atoms with Crippen molar-refractivity contribution in [3.05, 3.63) is 65.9 Å². The first-order valence-corrected chi connectivity index (χ1v) is 8.97. The highest BCUT2D eigenvalue weighted by Gasteiger charge is 2.11. The van der Waals surface area contributed by atoms with Crippen molar-refractivity contribution in [1.82, 2.24) is 15.2 Å². The third-order valence-electron chi connectivity index (χ3n) is 4.29. The van der Waals surface area contributed by atoms with Crippen LogP contribution in [-0.2, 0) is 0 Å². The van der Waals surface area contributed by atoms with E-state index in [0.29, 0.717) is 11.9 Å². The molecular formula is C21H25N5. The Balaban J connectivity index is 1.83. The Morgan fingerprint density at radius 1 is 1.08 bits per heavy atom. The second-order valence-corrected chi connectivity index (χ2v) is 6.62. The molecule has 0 saturated heterocycles. The molecule has 0 radical (unpaired) electrons. The van der Waals surface area contributed by atoms with Gasteiger partial charge in [0.15, 0.2) is 5.82 Å². The van der Waals surface area contributed by atoms with Gasteiger partial charge in [0, 0.05) is 17.9 Å². The van der Waals surface area contributed by atoms with Crippen molar-refractivity contribution in [3.8, 4) is 0 Å². The minimum absolute atomic E-state index is 0.492. The molecule has 0 atom stereocenters. The molecule has 3 aromatic rings. The average Bonchev–Trinajstić information content (AvgIpc) is 2.63. The van der Waals surface area contributed by atoms with Crippen LogP contribution in [0.1, 0.15) is 37.8 Å². The second kappa shape index (κ2) is 7.95. The molecule has 0 fully saturated rings. The molecular weight excluding hydrogens is 322 g/mol. The maximum Gasteiger partial charge on any atom is 0.249 e. The number of rotatable bonds is 6. The van der Waals surface area contributed by atoms with Gasteiger partial charge in [0.05, 0.1) is 6.20 Å². The number of aryl methyl sites for hydroxylation is 1. The zero-order chi connectivity index (χ0) is 18.5. The number of nitrogens with one attached hydrogen (secondary N) is 1. The third-order valence-corrected chi connectivity index (χ3v) is 4.29. The van der Waals surface area contributed by atoms with Crippen molar-refractivity contribution in [2.75, 3.05) is 16.8 Å². The highest BCUT2D eigenvalue weighted by atomic mass is 15.3. The Labute approximate surface area is 155 Å². The molecule has 0 aliphatic heterocycles. The van der Waals surface area contributed by atoms with Gasteiger partial charge in [0.1, 0.15) is 0 Å². The van der Waals surface area contributed by atoms with Gasteiger partial charge in [-0.25, -0.2) is 0 Å². The van der Waals surface area contributed by atoms with Crippen LogP contribution in [0.2, 0.25) is 0 Å². The summed E-state index contributed by atoms with van der Waals surface area (Å²) in [6.45, 7) is 9.35. The van der Waals surface area contributed by atoms with Gasteiger partial charge in [0.25, 0.3) is 0 Å². The molecule has 0 amide bonds. The number of hydrogen-bond donors (Lipinski definition) is 1. The number of anilines is 4. The van der Waals surface area contributed by atoms with Crippen molar-refractivity contribution in [2.24, 2.45) is 0 Å². The molecule has 26 heavy (non-hydrogen) atoms. The molecule has 3 rings (SSSR count). The molecule has 5 heteroatoms. The summed E-state index contributed by atoms with van der Waals surface area (Å²) in [5, 5.41) is 11.5. The summed E-state index contributed by atoms with van der Waals surface area (Å²) >= 11 is 0. The predicted octanol–water partition coefficient (Wildman–Crippen LogP) is 5.21. The Hall–Kier alpha value is -2.95. The lowest BCUT2D eigenvalue weighted by Gasteiger charge is -2.22. The van der Waals surface area contributed by atoms with Gasteiger partial charge in [-0.2, -0.15) is 10.1 Å². The fourth-order valence-electron chi connectivity index (χ4n) is 2.83. The Bertz CT molecular complexity index is 858. The maximum absolute atomic E-state index is 4.64. The van der Waals surface area contributed by atoms with Crippen LogP contribution >= 0.6 is 0 Å². The summed E-state index contributed by atoms with van der Waals surface area (Å²) in [6, 6.07) is 16.7. The van der Waals surface area contributed by atoms with Gasteiger partial charge in [-0.15, -0.1) is 5.10 Å². The van der Waals surface area contributed by atoms with Crippen molar-refractivity contribution < 1.29 is 0 Å². The first-order valence-electron chi connectivity index (χ1n) is 8.97. The van der Waals surface area contributed by atoms with Crippen molar-refractivity contribution in [2.45, 2.75) is 33.6 Å². The zero-order valence-electron chi connectivity index (χ0n) is 15.8. The van der Waals surface area contributed by atoms with Gasteiger partial charge in [-0.3, -0.25) is 0 Å². The summed E-state index contributed by atoms with van der Waals surface area (Å²) in [7, 11) is 0. The number of aromatic nitrogens is 3. The zero-order valence-corrected chi connectivity index (χ0v) is 15.8. The van der Waals surface area contributed by atoms with E-state index in [1.54, 1.807) is 6.20 Å². The summed E-state index contributed by atoms with van der Waals surface area (Å²) < 4.78 is 0. The molecule has 5 nitrogen and oxygen atoms in total. The molecule has 1 aromatic heterocycles. The summed E-state index contributed by atoms with van der Waals surface area (Å²) in [5.41, 5.74) is 4.57. The standard InChI is InChI=1S/C21H25N5/c1-5-26(19-8-6-7-16(4)13-19)20-14-22-25-21(24-20)23-18-11-9-17(10-12-18)15(2)3/h6-15H,5H2,1-4H3,(H,23,24,25). The van der Waals surface area contributed by atoms with E-state index in [9.17, 15) is 0 Å². The first kappa shape index (κ1) is 17.9. The van der Waals surface area contributed by atoms with E-state index in [1.165, 1.54) is 11.1 Å². The molecule has 1 N–H and O–H groups in total. The molecule has 2 aromatic carbocycles. The third kappa shape index (κ3) is 4.17. The van der Waals surface area contributed by atoms with E-state index >= 15 is 0 Å². The smallest absolute Gasteiger partial charge is 0.249 e. The highest BCUT2D eigenvalue weighted by molar-refractivity contribution is 5.62. The van der Waals surface area contributed by atoms with Crippen LogP contribution in [0.5, 0.6) is 0 Å². The summed E-state index contributed by atoms with van der Waals surface area (Å²) in [6.07, 6.45) is 1.69. The lowest BCUT2D eigenvalue weighted by atomic mass is 10.0. The summed E-state index contributed by atoms with van der Waals surface area (Å²) in [5.74, 6) is 1.78. The average molecular weight is 347 g/mol. The Morgan fingerprint density at radius 3 is 2.50 bits per heavy atom. The van der Waals surface area contributed by atoms with Crippen LogP contribution in [-0.4, -0.2) is 21.7 Å². The van der Waals surface area contributed by atoms with Crippen LogP contribution < -0.4 is 10.2 Å². The Kier molecular flexibility index (Phi) is 5.46. The quantitative estimate of drug-likeness (QED) is 0.664. The van der Waals surface area contributed by atoms with E-state index in [4.69, 9.17) is 0 Å². The van der Waals surface area contributed by atoms with Gasteiger partial charge in [-0.1, -0.05) is 38.1 Å². The van der Waals surface area contributed by atoms with Crippen molar-refractivity contribution >= 4 is 23.1 Å². The molecule has 0 aliphatic rings. The second-order valence-electron chi connectivity index (χ2n) is 6.62. The molecule has 0 unspecified atom stereocenters. The van der Waals surface area contributed by atoms with Crippen LogP contribution in [0.15, 0.2) is 54.7 Å². The number of hydrogen-bond acceptors (Lipinski definition) is 5. The number of benzene rings is 2. The normalized spacial score (nSPS) is 10.8. The monoisotopic (exact) mass is 347 g/mol.